The predicted octanol–water partition coefficient (Wildman–Crippen LogP) is 7.42. The smallest absolute Gasteiger partial charge is 0.419 e. The summed E-state index contributed by atoms with van der Waals surface area (Å²) in [6.45, 7) is 0. The van der Waals surface area contributed by atoms with Gasteiger partial charge in [0.25, 0.3) is 0 Å². The molecule has 0 saturated heterocycles. The summed E-state index contributed by atoms with van der Waals surface area (Å²) in [5, 5.41) is 8.46. The molecule has 0 fully saturated rings. The van der Waals surface area contributed by atoms with Crippen molar-refractivity contribution in [3.05, 3.63) is 38.5 Å². The van der Waals surface area contributed by atoms with Crippen molar-refractivity contribution in [1.82, 2.24) is 0 Å². The molecule has 3 aromatic rings. The van der Waals surface area contributed by atoms with E-state index in [0.29, 0.717) is 29.5 Å². The summed E-state index contributed by atoms with van der Waals surface area (Å²) in [4.78, 5) is 0. The van der Waals surface area contributed by atoms with Crippen molar-refractivity contribution in [3.63, 3.8) is 0 Å². The molecule has 0 bridgehead atoms. The van der Waals surface area contributed by atoms with E-state index in [1.54, 1.807) is 0 Å². The molecule has 1 heterocycles. The van der Waals surface area contributed by atoms with Crippen molar-refractivity contribution >= 4 is 54.1 Å². The van der Waals surface area contributed by atoms with E-state index >= 15 is 0 Å². The monoisotopic (exact) mass is 530 g/mol. The number of hydrogen-bond donors (Lipinski definition) is 1. The molecule has 0 spiro atoms. The first-order valence-electron chi connectivity index (χ1n) is 6.75. The number of benzene rings is 2. The molecule has 0 atom stereocenters. The standard InChI is InChI=1S/C15H4F9IOS/c16-13(17,18)6-1-4-5-2-7(14(19,20)21)11(25)10(15(22,23)24)12(5)27-9(4)3-8(6)26/h1-3,26H. The van der Waals surface area contributed by atoms with E-state index in [0.717, 1.165) is 22.6 Å². The van der Waals surface area contributed by atoms with Gasteiger partial charge in [0.15, 0.2) is 0 Å². The van der Waals surface area contributed by atoms with E-state index in [2.05, 4.69) is 0 Å². The van der Waals surface area contributed by atoms with Crippen molar-refractivity contribution in [2.45, 2.75) is 18.5 Å². The number of hydrogen-bond acceptors (Lipinski definition) is 2. The zero-order chi connectivity index (χ0) is 20.5. The Bertz CT molecular complexity index is 1060. The Hall–Kier alpha value is -1.44. The Morgan fingerprint density at radius 1 is 0.741 bits per heavy atom. The van der Waals surface area contributed by atoms with Crippen LogP contribution in [-0.2, 0) is 18.5 Å². The van der Waals surface area contributed by atoms with Crippen LogP contribution in [0.4, 0.5) is 39.5 Å². The normalized spacial score (nSPS) is 13.7. The van der Waals surface area contributed by atoms with Gasteiger partial charge in [0.2, 0.25) is 0 Å². The summed E-state index contributed by atoms with van der Waals surface area (Å²) < 4.78 is 117. The second-order valence-electron chi connectivity index (χ2n) is 5.45. The van der Waals surface area contributed by atoms with Gasteiger partial charge in [-0.25, -0.2) is 0 Å². The van der Waals surface area contributed by atoms with Gasteiger partial charge < -0.3 is 5.11 Å². The maximum Gasteiger partial charge on any atom is 0.419 e. The molecule has 0 unspecified atom stereocenters. The lowest BCUT2D eigenvalue weighted by molar-refractivity contribution is -0.143. The predicted molar refractivity (Wildman–Crippen MR) is 88.7 cm³/mol. The van der Waals surface area contributed by atoms with Crippen LogP contribution in [0.3, 0.4) is 0 Å². The fraction of sp³-hybridized carbons (Fsp3) is 0.200. The van der Waals surface area contributed by atoms with Gasteiger partial charge in [-0.2, -0.15) is 39.5 Å². The third-order valence-electron chi connectivity index (χ3n) is 3.71. The maximum atomic E-state index is 13.4. The summed E-state index contributed by atoms with van der Waals surface area (Å²) >= 11 is 1.29. The summed E-state index contributed by atoms with van der Waals surface area (Å²) in [6.07, 6.45) is -15.3. The van der Waals surface area contributed by atoms with Crippen LogP contribution in [0.15, 0.2) is 18.2 Å². The van der Waals surface area contributed by atoms with Crippen molar-refractivity contribution in [2.75, 3.05) is 0 Å². The number of aromatic hydroxyl groups is 1. The Kier molecular flexibility index (Phi) is 4.53. The van der Waals surface area contributed by atoms with E-state index in [-0.39, 0.29) is 4.70 Å². The van der Waals surface area contributed by atoms with E-state index in [1.165, 1.54) is 0 Å². The van der Waals surface area contributed by atoms with Gasteiger partial charge in [0.05, 0.1) is 16.7 Å². The molecule has 1 aromatic heterocycles. The van der Waals surface area contributed by atoms with Gasteiger partial charge in [-0.15, -0.1) is 11.3 Å². The molecule has 1 nitrogen and oxygen atoms in total. The number of fused-ring (bicyclic) bond motifs is 3. The number of rotatable bonds is 0. The molecular formula is C15H4F9IOS. The van der Waals surface area contributed by atoms with Crippen LogP contribution in [0.5, 0.6) is 5.75 Å². The highest BCUT2D eigenvalue weighted by Crippen LogP contribution is 2.50. The van der Waals surface area contributed by atoms with Crippen LogP contribution in [0, 0.1) is 3.57 Å². The average molecular weight is 530 g/mol. The topological polar surface area (TPSA) is 20.2 Å². The second-order valence-corrected chi connectivity index (χ2v) is 7.58. The lowest BCUT2D eigenvalue weighted by Crippen LogP contribution is -2.14. The summed E-state index contributed by atoms with van der Waals surface area (Å²) in [7, 11) is 0. The highest BCUT2D eigenvalue weighted by molar-refractivity contribution is 14.1. The number of thiophene rings is 1. The molecule has 0 saturated carbocycles. The zero-order valence-corrected chi connectivity index (χ0v) is 15.3. The van der Waals surface area contributed by atoms with Gasteiger partial charge in [-0.3, -0.25) is 0 Å². The molecular weight excluding hydrogens is 526 g/mol. The van der Waals surface area contributed by atoms with Crippen LogP contribution in [0.25, 0.3) is 20.2 Å². The van der Waals surface area contributed by atoms with Crippen LogP contribution in [-0.4, -0.2) is 5.11 Å². The first-order valence-corrected chi connectivity index (χ1v) is 8.65. The Labute approximate surface area is 161 Å². The Balaban J connectivity index is 2.55. The van der Waals surface area contributed by atoms with Crippen LogP contribution >= 0.6 is 33.9 Å². The summed E-state index contributed by atoms with van der Waals surface area (Å²) in [5.74, 6) is -1.22. The minimum atomic E-state index is -5.16. The fourth-order valence-electron chi connectivity index (χ4n) is 2.61. The van der Waals surface area contributed by atoms with E-state index in [9.17, 15) is 44.6 Å². The molecule has 27 heavy (non-hydrogen) atoms. The highest BCUT2D eigenvalue weighted by Gasteiger charge is 2.43. The molecule has 3 rings (SSSR count). The minimum absolute atomic E-state index is 0.198. The molecule has 146 valence electrons. The van der Waals surface area contributed by atoms with Gasteiger partial charge in [-0.1, -0.05) is 0 Å². The van der Waals surface area contributed by atoms with Gasteiger partial charge >= 0.3 is 18.5 Å². The quantitative estimate of drug-likeness (QED) is 0.237. The molecule has 0 aliphatic carbocycles. The SMILES string of the molecule is Oc1cc2sc3c(C(F)(F)F)c(I)c(C(F)(F)F)cc3c2cc1C(F)(F)F. The number of alkyl halides is 9. The van der Waals surface area contributed by atoms with Crippen LogP contribution < -0.4 is 0 Å². The van der Waals surface area contributed by atoms with Gasteiger partial charge in [-0.05, 0) is 40.8 Å². The number of phenols is 1. The summed E-state index contributed by atoms with van der Waals surface area (Å²) in [6, 6.07) is 1.36. The van der Waals surface area contributed by atoms with Crippen molar-refractivity contribution in [3.8, 4) is 5.75 Å². The molecule has 0 aliphatic heterocycles. The third-order valence-corrected chi connectivity index (χ3v) is 6.02. The largest absolute Gasteiger partial charge is 0.507 e. The van der Waals surface area contributed by atoms with E-state index in [1.807, 2.05) is 0 Å². The lowest BCUT2D eigenvalue weighted by atomic mass is 10.0. The molecule has 0 radical (unpaired) electrons. The van der Waals surface area contributed by atoms with Crippen molar-refractivity contribution in [1.29, 1.82) is 0 Å². The Morgan fingerprint density at radius 3 is 1.74 bits per heavy atom. The first kappa shape index (κ1) is 20.3. The average Bonchev–Trinajstić information content (AvgIpc) is 2.78. The number of halogens is 10. The van der Waals surface area contributed by atoms with E-state index in [4.69, 9.17) is 0 Å². The van der Waals surface area contributed by atoms with Crippen LogP contribution in [0.1, 0.15) is 16.7 Å². The first-order chi connectivity index (χ1) is 12.1. The Morgan fingerprint density at radius 2 is 1.26 bits per heavy atom. The van der Waals surface area contributed by atoms with E-state index < -0.39 is 60.0 Å². The number of phenolic OH excluding ortho intramolecular Hbond substituents is 1. The lowest BCUT2D eigenvalue weighted by Gasteiger charge is -2.16. The van der Waals surface area contributed by atoms with Crippen LogP contribution in [0.2, 0.25) is 0 Å². The molecule has 1 N–H and O–H groups in total. The molecule has 0 aliphatic rings. The molecule has 2 aromatic carbocycles. The summed E-state index contributed by atoms with van der Waals surface area (Å²) in [5.41, 5.74) is -4.71. The molecule has 12 heteroatoms. The van der Waals surface area contributed by atoms with Gasteiger partial charge in [0, 0.05) is 23.7 Å². The van der Waals surface area contributed by atoms with Gasteiger partial charge in [0.1, 0.15) is 5.75 Å². The molecule has 0 amide bonds. The highest BCUT2D eigenvalue weighted by atomic mass is 127. The minimum Gasteiger partial charge on any atom is -0.507 e. The van der Waals surface area contributed by atoms with Crippen molar-refractivity contribution < 1.29 is 44.6 Å². The zero-order valence-electron chi connectivity index (χ0n) is 12.4. The second kappa shape index (κ2) is 6.03. The fourth-order valence-corrected chi connectivity index (χ4v) is 5.10. The van der Waals surface area contributed by atoms with Crippen molar-refractivity contribution in [2.24, 2.45) is 0 Å². The maximum absolute atomic E-state index is 13.4. The third kappa shape index (κ3) is 3.41.